The van der Waals surface area contributed by atoms with Crippen molar-refractivity contribution < 1.29 is 9.84 Å². The fraction of sp³-hybridized carbons (Fsp3) is 0.667. The van der Waals surface area contributed by atoms with Gasteiger partial charge in [0.25, 0.3) is 0 Å². The third-order valence-corrected chi connectivity index (χ3v) is 4.91. The zero-order valence-corrected chi connectivity index (χ0v) is 12.7. The van der Waals surface area contributed by atoms with Crippen LogP contribution in [0.1, 0.15) is 57.1 Å². The van der Waals surface area contributed by atoms with Gasteiger partial charge in [-0.1, -0.05) is 19.9 Å². The molecule has 2 aliphatic carbocycles. The van der Waals surface area contributed by atoms with Gasteiger partial charge >= 0.3 is 0 Å². The molecule has 2 aliphatic rings. The van der Waals surface area contributed by atoms with Gasteiger partial charge in [0.15, 0.2) is 0 Å². The van der Waals surface area contributed by atoms with Crippen molar-refractivity contribution in [3.05, 3.63) is 29.3 Å². The molecule has 1 aromatic carbocycles. The molecule has 0 bridgehead atoms. The molecular weight excluding hydrogens is 248 g/mol. The Labute approximate surface area is 122 Å². The number of hydrogen-bond acceptors (Lipinski definition) is 2. The van der Waals surface area contributed by atoms with E-state index in [1.54, 1.807) is 0 Å². The van der Waals surface area contributed by atoms with E-state index in [1.807, 2.05) is 0 Å². The van der Waals surface area contributed by atoms with Gasteiger partial charge in [-0.15, -0.1) is 0 Å². The Morgan fingerprint density at radius 2 is 1.90 bits per heavy atom. The summed E-state index contributed by atoms with van der Waals surface area (Å²) in [5.41, 5.74) is 3.20. The lowest BCUT2D eigenvalue weighted by atomic mass is 9.75. The highest BCUT2D eigenvalue weighted by atomic mass is 16.5. The van der Waals surface area contributed by atoms with E-state index in [4.69, 9.17) is 4.74 Å². The molecule has 110 valence electrons. The first-order valence-corrected chi connectivity index (χ1v) is 8.00. The second kappa shape index (κ2) is 5.40. The van der Waals surface area contributed by atoms with Crippen LogP contribution < -0.4 is 4.74 Å². The summed E-state index contributed by atoms with van der Waals surface area (Å²) in [7, 11) is 0. The minimum atomic E-state index is -0.320. The van der Waals surface area contributed by atoms with Crippen molar-refractivity contribution in [3.63, 3.8) is 0 Å². The summed E-state index contributed by atoms with van der Waals surface area (Å²) >= 11 is 0. The number of aliphatic hydroxyl groups excluding tert-OH is 1. The first-order chi connectivity index (χ1) is 9.53. The lowest BCUT2D eigenvalue weighted by Gasteiger charge is -2.38. The van der Waals surface area contributed by atoms with Crippen molar-refractivity contribution in [3.8, 4) is 5.75 Å². The topological polar surface area (TPSA) is 29.5 Å². The highest BCUT2D eigenvalue weighted by Gasteiger charge is 2.35. The number of aliphatic hydroxyl groups is 1. The van der Waals surface area contributed by atoms with E-state index >= 15 is 0 Å². The van der Waals surface area contributed by atoms with Crippen LogP contribution in [0.25, 0.3) is 0 Å². The van der Waals surface area contributed by atoms with E-state index in [0.717, 1.165) is 25.0 Å². The maximum absolute atomic E-state index is 10.2. The van der Waals surface area contributed by atoms with Crippen molar-refractivity contribution in [2.45, 2.75) is 71.0 Å². The van der Waals surface area contributed by atoms with E-state index in [9.17, 15) is 5.11 Å². The molecule has 0 radical (unpaired) electrons. The lowest BCUT2D eigenvalue weighted by Crippen LogP contribution is -2.41. The lowest BCUT2D eigenvalue weighted by molar-refractivity contribution is -0.0304. The van der Waals surface area contributed by atoms with Crippen LogP contribution in [0, 0.1) is 5.41 Å². The molecule has 2 nitrogen and oxygen atoms in total. The predicted octanol–water partition coefficient (Wildman–Crippen LogP) is 3.88. The molecule has 2 atom stereocenters. The van der Waals surface area contributed by atoms with Crippen molar-refractivity contribution in [1.29, 1.82) is 0 Å². The third-order valence-electron chi connectivity index (χ3n) is 4.91. The first-order valence-electron chi connectivity index (χ1n) is 8.00. The molecule has 1 saturated carbocycles. The molecule has 0 saturated heterocycles. The first kappa shape index (κ1) is 13.9. The van der Waals surface area contributed by atoms with Crippen molar-refractivity contribution in [2.75, 3.05) is 0 Å². The predicted molar refractivity (Wildman–Crippen MR) is 81.1 cm³/mol. The Hall–Kier alpha value is -1.02. The molecule has 3 rings (SSSR count). The molecule has 0 heterocycles. The number of fused-ring (bicyclic) bond motifs is 1. The Balaban J connectivity index is 1.73. The smallest absolute Gasteiger partial charge is 0.125 e. The largest absolute Gasteiger partial charge is 0.488 e. The van der Waals surface area contributed by atoms with Gasteiger partial charge in [0.2, 0.25) is 0 Å². The van der Waals surface area contributed by atoms with Crippen molar-refractivity contribution >= 4 is 0 Å². The fourth-order valence-electron chi connectivity index (χ4n) is 3.59. The molecule has 2 unspecified atom stereocenters. The Morgan fingerprint density at radius 1 is 1.15 bits per heavy atom. The normalized spacial score (nSPS) is 28.8. The van der Waals surface area contributed by atoms with Gasteiger partial charge in [-0.3, -0.25) is 0 Å². The number of ether oxygens (including phenoxy) is 1. The van der Waals surface area contributed by atoms with Gasteiger partial charge in [-0.25, -0.2) is 0 Å². The summed E-state index contributed by atoms with van der Waals surface area (Å²) in [6, 6.07) is 6.49. The fourth-order valence-corrected chi connectivity index (χ4v) is 3.59. The maximum Gasteiger partial charge on any atom is 0.125 e. The highest BCUT2D eigenvalue weighted by Crippen LogP contribution is 2.37. The molecular formula is C18H26O2. The van der Waals surface area contributed by atoms with Crippen LogP contribution in [0.4, 0.5) is 0 Å². The van der Waals surface area contributed by atoms with Gasteiger partial charge in [-0.2, -0.15) is 0 Å². The van der Waals surface area contributed by atoms with Crippen LogP contribution in [0.5, 0.6) is 5.75 Å². The van der Waals surface area contributed by atoms with E-state index < -0.39 is 0 Å². The summed E-state index contributed by atoms with van der Waals surface area (Å²) in [6.45, 7) is 4.53. The van der Waals surface area contributed by atoms with Crippen LogP contribution in [0.3, 0.4) is 0 Å². The average Bonchev–Trinajstić information content (AvgIpc) is 2.43. The third kappa shape index (κ3) is 3.01. The monoisotopic (exact) mass is 274 g/mol. The Kier molecular flexibility index (Phi) is 3.76. The molecule has 0 aromatic heterocycles. The SMILES string of the molecule is CC1(C)CCC(O)C(Oc2ccc3c(c2)CCCC3)C1. The van der Waals surface area contributed by atoms with Crippen LogP contribution >= 0.6 is 0 Å². The summed E-state index contributed by atoms with van der Waals surface area (Å²) < 4.78 is 6.12. The molecule has 0 spiro atoms. The maximum atomic E-state index is 10.2. The number of hydrogen-bond donors (Lipinski definition) is 1. The van der Waals surface area contributed by atoms with Crippen LogP contribution in [-0.2, 0) is 12.8 Å². The summed E-state index contributed by atoms with van der Waals surface area (Å²) in [5.74, 6) is 0.937. The molecule has 2 heteroatoms. The average molecular weight is 274 g/mol. The second-order valence-corrected chi connectivity index (χ2v) is 7.27. The number of rotatable bonds is 2. The van der Waals surface area contributed by atoms with Crippen LogP contribution in [0.15, 0.2) is 18.2 Å². The van der Waals surface area contributed by atoms with E-state index in [0.29, 0.717) is 0 Å². The molecule has 1 fully saturated rings. The highest BCUT2D eigenvalue weighted by molar-refractivity contribution is 5.37. The zero-order valence-electron chi connectivity index (χ0n) is 12.7. The Bertz CT molecular complexity index is 478. The van der Waals surface area contributed by atoms with Gasteiger partial charge in [0.1, 0.15) is 11.9 Å². The second-order valence-electron chi connectivity index (χ2n) is 7.27. The quantitative estimate of drug-likeness (QED) is 0.886. The van der Waals surface area contributed by atoms with Crippen molar-refractivity contribution in [2.24, 2.45) is 5.41 Å². The van der Waals surface area contributed by atoms with Gasteiger partial charge in [0.05, 0.1) is 6.10 Å². The molecule has 0 amide bonds. The van der Waals surface area contributed by atoms with Crippen LogP contribution in [0.2, 0.25) is 0 Å². The standard InChI is InChI=1S/C18H26O2/c1-18(2)10-9-16(19)17(12-18)20-15-8-7-13-5-3-4-6-14(13)11-15/h7-8,11,16-17,19H,3-6,9-10,12H2,1-2H3. The van der Waals surface area contributed by atoms with E-state index in [1.165, 1.54) is 36.8 Å². The van der Waals surface area contributed by atoms with Gasteiger partial charge in [-0.05, 0) is 73.6 Å². The molecule has 1 N–H and O–H groups in total. The minimum Gasteiger partial charge on any atom is -0.488 e. The molecule has 0 aliphatic heterocycles. The van der Waals surface area contributed by atoms with E-state index in [2.05, 4.69) is 32.0 Å². The summed E-state index contributed by atoms with van der Waals surface area (Å²) in [6.07, 6.45) is 7.46. The summed E-state index contributed by atoms with van der Waals surface area (Å²) in [4.78, 5) is 0. The zero-order chi connectivity index (χ0) is 14.2. The number of benzene rings is 1. The Morgan fingerprint density at radius 3 is 2.70 bits per heavy atom. The summed E-state index contributed by atoms with van der Waals surface area (Å²) in [5, 5.41) is 10.2. The van der Waals surface area contributed by atoms with Crippen LogP contribution in [-0.4, -0.2) is 17.3 Å². The number of aryl methyl sites for hydroxylation is 2. The van der Waals surface area contributed by atoms with Crippen molar-refractivity contribution in [1.82, 2.24) is 0 Å². The molecule has 1 aromatic rings. The molecule has 20 heavy (non-hydrogen) atoms. The van der Waals surface area contributed by atoms with Gasteiger partial charge < -0.3 is 9.84 Å². The van der Waals surface area contributed by atoms with E-state index in [-0.39, 0.29) is 17.6 Å². The van der Waals surface area contributed by atoms with Gasteiger partial charge in [0, 0.05) is 0 Å². The minimum absolute atomic E-state index is 0.0552.